The number of rotatable bonds is 9. The molecule has 0 saturated heterocycles. The van der Waals surface area contributed by atoms with Crippen molar-refractivity contribution in [3.8, 4) is 5.75 Å². The van der Waals surface area contributed by atoms with Gasteiger partial charge in [0.05, 0.1) is 6.42 Å². The van der Waals surface area contributed by atoms with Gasteiger partial charge >= 0.3 is 5.97 Å². The normalized spacial score (nSPS) is 13.8. The standard InChI is InChI=1S/C25H32ClNO3/c1-5-27(16-18-10-11-18)22-13-19(12-21(26)15-22)17-29-23-9-7-6-8-20(23)14-24(28)30-25(2,3)4/h6-9,12-13,15,18H,5,10-11,14,16-17H2,1-4H3. The van der Waals surface area contributed by atoms with Crippen molar-refractivity contribution < 1.29 is 14.3 Å². The van der Waals surface area contributed by atoms with Gasteiger partial charge in [-0.05, 0) is 76.3 Å². The molecule has 3 rings (SSSR count). The minimum Gasteiger partial charge on any atom is -0.489 e. The van der Waals surface area contributed by atoms with Gasteiger partial charge in [-0.3, -0.25) is 4.79 Å². The van der Waals surface area contributed by atoms with E-state index < -0.39 is 5.60 Å². The van der Waals surface area contributed by atoms with Crippen molar-refractivity contribution in [2.45, 2.75) is 59.2 Å². The van der Waals surface area contributed by atoms with Crippen molar-refractivity contribution >= 4 is 23.3 Å². The first-order valence-electron chi connectivity index (χ1n) is 10.7. The van der Waals surface area contributed by atoms with E-state index in [4.69, 9.17) is 21.1 Å². The van der Waals surface area contributed by atoms with E-state index in [0.717, 1.165) is 35.8 Å². The quantitative estimate of drug-likeness (QED) is 0.455. The van der Waals surface area contributed by atoms with Crippen molar-refractivity contribution in [3.63, 3.8) is 0 Å². The number of hydrogen-bond acceptors (Lipinski definition) is 4. The number of nitrogens with zero attached hydrogens (tertiary/aromatic N) is 1. The number of esters is 1. The fourth-order valence-corrected chi connectivity index (χ4v) is 3.67. The maximum absolute atomic E-state index is 12.2. The van der Waals surface area contributed by atoms with Crippen molar-refractivity contribution in [1.29, 1.82) is 0 Å². The second-order valence-electron chi connectivity index (χ2n) is 8.96. The Morgan fingerprint density at radius 1 is 1.17 bits per heavy atom. The lowest BCUT2D eigenvalue weighted by Crippen LogP contribution is -2.25. The lowest BCUT2D eigenvalue weighted by Gasteiger charge is -2.24. The summed E-state index contributed by atoms with van der Waals surface area (Å²) in [6.07, 6.45) is 2.82. The van der Waals surface area contributed by atoms with Crippen LogP contribution in [0, 0.1) is 5.92 Å². The van der Waals surface area contributed by atoms with Gasteiger partial charge in [0, 0.05) is 29.4 Å². The smallest absolute Gasteiger partial charge is 0.310 e. The summed E-state index contributed by atoms with van der Waals surface area (Å²) in [5.41, 5.74) is 2.46. The predicted octanol–water partition coefficient (Wildman–Crippen LogP) is 6.04. The number of halogens is 1. The van der Waals surface area contributed by atoms with Crippen LogP contribution in [-0.4, -0.2) is 24.7 Å². The van der Waals surface area contributed by atoms with E-state index >= 15 is 0 Å². The number of hydrogen-bond donors (Lipinski definition) is 0. The van der Waals surface area contributed by atoms with Crippen molar-refractivity contribution in [3.05, 3.63) is 58.6 Å². The zero-order chi connectivity index (χ0) is 21.7. The van der Waals surface area contributed by atoms with Gasteiger partial charge in [0.1, 0.15) is 18.0 Å². The van der Waals surface area contributed by atoms with Gasteiger partial charge in [-0.1, -0.05) is 29.8 Å². The Hall–Kier alpha value is -2.20. The number of carbonyl (C=O) groups is 1. The summed E-state index contributed by atoms with van der Waals surface area (Å²) in [5.74, 6) is 1.24. The summed E-state index contributed by atoms with van der Waals surface area (Å²) >= 11 is 6.40. The topological polar surface area (TPSA) is 38.8 Å². The minimum atomic E-state index is -0.504. The third-order valence-electron chi connectivity index (χ3n) is 4.99. The number of ether oxygens (including phenoxy) is 2. The largest absolute Gasteiger partial charge is 0.489 e. The van der Waals surface area contributed by atoms with E-state index in [9.17, 15) is 4.79 Å². The molecule has 2 aromatic carbocycles. The van der Waals surface area contributed by atoms with E-state index in [1.54, 1.807) is 0 Å². The van der Waals surface area contributed by atoms with Crippen molar-refractivity contribution in [2.75, 3.05) is 18.0 Å². The maximum Gasteiger partial charge on any atom is 0.310 e. The molecule has 1 aliphatic carbocycles. The molecule has 30 heavy (non-hydrogen) atoms. The lowest BCUT2D eigenvalue weighted by atomic mass is 10.1. The van der Waals surface area contributed by atoms with Crippen LogP contribution in [0.3, 0.4) is 0 Å². The summed E-state index contributed by atoms with van der Waals surface area (Å²) in [4.78, 5) is 14.6. The zero-order valence-electron chi connectivity index (χ0n) is 18.4. The van der Waals surface area contributed by atoms with Gasteiger partial charge in [-0.2, -0.15) is 0 Å². The molecule has 0 heterocycles. The van der Waals surface area contributed by atoms with Crippen LogP contribution in [-0.2, 0) is 22.6 Å². The molecule has 5 heteroatoms. The molecule has 0 unspecified atom stereocenters. The Balaban J connectivity index is 1.69. The van der Waals surface area contributed by atoms with Crippen LogP contribution >= 0.6 is 11.6 Å². The van der Waals surface area contributed by atoms with E-state index in [1.807, 2.05) is 57.2 Å². The molecule has 0 bridgehead atoms. The molecule has 1 fully saturated rings. The fraction of sp³-hybridized carbons (Fsp3) is 0.480. The molecule has 4 nitrogen and oxygen atoms in total. The van der Waals surface area contributed by atoms with Crippen LogP contribution in [0.25, 0.3) is 0 Å². The third kappa shape index (κ3) is 6.94. The maximum atomic E-state index is 12.2. The number of para-hydroxylation sites is 1. The highest BCUT2D eigenvalue weighted by Gasteiger charge is 2.24. The first kappa shape index (κ1) is 22.5. The highest BCUT2D eigenvalue weighted by Crippen LogP contribution is 2.32. The first-order valence-corrected chi connectivity index (χ1v) is 11.1. The third-order valence-corrected chi connectivity index (χ3v) is 5.20. The number of carbonyl (C=O) groups excluding carboxylic acids is 1. The Bertz CT molecular complexity index is 871. The Morgan fingerprint density at radius 2 is 1.90 bits per heavy atom. The molecule has 1 saturated carbocycles. The highest BCUT2D eigenvalue weighted by molar-refractivity contribution is 6.30. The van der Waals surface area contributed by atoms with E-state index in [1.165, 1.54) is 12.8 Å². The predicted molar refractivity (Wildman–Crippen MR) is 122 cm³/mol. The van der Waals surface area contributed by atoms with Crippen molar-refractivity contribution in [2.24, 2.45) is 5.92 Å². The second-order valence-corrected chi connectivity index (χ2v) is 9.40. The molecular weight excluding hydrogens is 398 g/mol. The van der Waals surface area contributed by atoms with Gasteiger partial charge in [0.15, 0.2) is 0 Å². The Labute approximate surface area is 185 Å². The number of benzene rings is 2. The Kier molecular flexibility index (Phi) is 7.30. The van der Waals surface area contributed by atoms with E-state index in [2.05, 4.69) is 17.9 Å². The summed E-state index contributed by atoms with van der Waals surface area (Å²) in [6, 6.07) is 13.7. The second kappa shape index (κ2) is 9.74. The lowest BCUT2D eigenvalue weighted by molar-refractivity contribution is -0.153. The van der Waals surface area contributed by atoms with Crippen LogP contribution in [0.15, 0.2) is 42.5 Å². The molecule has 0 aromatic heterocycles. The summed E-state index contributed by atoms with van der Waals surface area (Å²) in [6.45, 7) is 10.2. The molecule has 0 atom stereocenters. The molecule has 0 spiro atoms. The van der Waals surface area contributed by atoms with Gasteiger partial charge < -0.3 is 14.4 Å². The SMILES string of the molecule is CCN(CC1CC1)c1cc(Cl)cc(COc2ccccc2CC(=O)OC(C)(C)C)c1. The molecule has 0 N–H and O–H groups in total. The van der Waals surface area contributed by atoms with Gasteiger partial charge in [0.2, 0.25) is 0 Å². The minimum absolute atomic E-state index is 0.180. The van der Waals surface area contributed by atoms with Gasteiger partial charge in [0.25, 0.3) is 0 Å². The summed E-state index contributed by atoms with van der Waals surface area (Å²) in [5, 5.41) is 0.711. The molecule has 0 aliphatic heterocycles. The van der Waals surface area contributed by atoms with Gasteiger partial charge in [-0.25, -0.2) is 0 Å². The summed E-state index contributed by atoms with van der Waals surface area (Å²) < 4.78 is 11.5. The van der Waals surface area contributed by atoms with Crippen molar-refractivity contribution in [1.82, 2.24) is 0 Å². The Morgan fingerprint density at radius 3 is 2.57 bits per heavy atom. The molecule has 2 aromatic rings. The molecule has 1 aliphatic rings. The van der Waals surface area contributed by atoms with Gasteiger partial charge in [-0.15, -0.1) is 0 Å². The first-order chi connectivity index (χ1) is 14.2. The molecular formula is C25H32ClNO3. The van der Waals surface area contributed by atoms with Crippen LogP contribution in [0.4, 0.5) is 5.69 Å². The van der Waals surface area contributed by atoms with E-state index in [-0.39, 0.29) is 12.4 Å². The van der Waals surface area contributed by atoms with E-state index in [0.29, 0.717) is 17.4 Å². The highest BCUT2D eigenvalue weighted by atomic mass is 35.5. The zero-order valence-corrected chi connectivity index (χ0v) is 19.2. The molecule has 162 valence electrons. The summed E-state index contributed by atoms with van der Waals surface area (Å²) in [7, 11) is 0. The van der Waals surface area contributed by atoms with Crippen LogP contribution in [0.1, 0.15) is 51.7 Å². The molecule has 0 radical (unpaired) electrons. The fourth-order valence-electron chi connectivity index (χ4n) is 3.41. The number of anilines is 1. The van der Waals surface area contributed by atoms with Crippen LogP contribution in [0.2, 0.25) is 5.02 Å². The average Bonchev–Trinajstić information content (AvgIpc) is 3.47. The monoisotopic (exact) mass is 429 g/mol. The average molecular weight is 430 g/mol. The van der Waals surface area contributed by atoms with Crippen LogP contribution < -0.4 is 9.64 Å². The molecule has 0 amide bonds. The van der Waals surface area contributed by atoms with Crippen LogP contribution in [0.5, 0.6) is 5.75 Å².